The molecule has 0 atom stereocenters. The second kappa shape index (κ2) is 7.15. The second-order valence-corrected chi connectivity index (χ2v) is 6.95. The van der Waals surface area contributed by atoms with Gasteiger partial charge in [-0.2, -0.15) is 0 Å². The normalized spacial score (nSPS) is 13.5. The molecule has 1 heterocycles. The molecule has 1 amide bonds. The Hall–Kier alpha value is -3.28. The van der Waals surface area contributed by atoms with Gasteiger partial charge >= 0.3 is 0 Å². The van der Waals surface area contributed by atoms with Crippen LogP contribution in [0.3, 0.4) is 0 Å². The summed E-state index contributed by atoms with van der Waals surface area (Å²) in [7, 11) is 0. The Morgan fingerprint density at radius 1 is 1.07 bits per heavy atom. The van der Waals surface area contributed by atoms with Crippen molar-refractivity contribution in [3.05, 3.63) is 71.4 Å². The van der Waals surface area contributed by atoms with Gasteiger partial charge in [-0.3, -0.25) is 4.79 Å². The van der Waals surface area contributed by atoms with Crippen molar-refractivity contribution in [3.63, 3.8) is 0 Å². The van der Waals surface area contributed by atoms with Crippen LogP contribution in [0.1, 0.15) is 16.7 Å². The Bertz CT molecular complexity index is 977. The summed E-state index contributed by atoms with van der Waals surface area (Å²) in [5, 5.41) is 1.13. The number of hydrogen-bond donors (Lipinski definition) is 3. The molecule has 0 aliphatic heterocycles. The van der Waals surface area contributed by atoms with Crippen LogP contribution < -0.4 is 11.5 Å². The van der Waals surface area contributed by atoms with E-state index in [1.165, 1.54) is 11.1 Å². The van der Waals surface area contributed by atoms with Gasteiger partial charge in [0, 0.05) is 29.7 Å². The van der Waals surface area contributed by atoms with Crippen LogP contribution in [-0.4, -0.2) is 34.3 Å². The number of carbonyl (C=O) groups excluding carboxylic acids is 1. The van der Waals surface area contributed by atoms with Gasteiger partial charge in [0.05, 0.1) is 0 Å². The van der Waals surface area contributed by atoms with E-state index in [4.69, 9.17) is 11.5 Å². The highest BCUT2D eigenvalue weighted by molar-refractivity contribution is 5.85. The van der Waals surface area contributed by atoms with E-state index in [-0.39, 0.29) is 24.5 Å². The maximum atomic E-state index is 12.9. The lowest BCUT2D eigenvalue weighted by Gasteiger charge is -2.28. The molecule has 4 rings (SSSR count). The summed E-state index contributed by atoms with van der Waals surface area (Å²) in [5.41, 5.74) is 15.6. The summed E-state index contributed by atoms with van der Waals surface area (Å²) in [6.45, 7) is 0.499. The smallest absolute Gasteiger partial charge is 0.244 e. The SMILES string of the molecule is NC(N)=NCC(=O)N(Cc1c[nH]c2ccccc12)C1Cc2ccccc2C1. The van der Waals surface area contributed by atoms with Gasteiger partial charge in [-0.25, -0.2) is 4.99 Å². The number of aromatic amines is 1. The third kappa shape index (κ3) is 3.51. The Labute approximate surface area is 157 Å². The molecular weight excluding hydrogens is 338 g/mol. The summed E-state index contributed by atoms with van der Waals surface area (Å²) in [6.07, 6.45) is 3.69. The lowest BCUT2D eigenvalue weighted by atomic mass is 10.1. The average molecular weight is 361 g/mol. The van der Waals surface area contributed by atoms with Gasteiger partial charge in [0.2, 0.25) is 5.91 Å². The first-order valence-corrected chi connectivity index (χ1v) is 9.08. The number of para-hydroxylation sites is 1. The number of H-pyrrole nitrogens is 1. The number of nitrogens with one attached hydrogen (secondary N) is 1. The summed E-state index contributed by atoms with van der Waals surface area (Å²) >= 11 is 0. The molecule has 6 heteroatoms. The number of hydrogen-bond acceptors (Lipinski definition) is 2. The van der Waals surface area contributed by atoms with Crippen LogP contribution in [0.15, 0.2) is 59.7 Å². The fourth-order valence-corrected chi connectivity index (χ4v) is 3.87. The van der Waals surface area contributed by atoms with E-state index < -0.39 is 0 Å². The average Bonchev–Trinajstić information content (AvgIpc) is 3.28. The molecule has 1 aliphatic carbocycles. The molecule has 27 heavy (non-hydrogen) atoms. The first kappa shape index (κ1) is 17.1. The van der Waals surface area contributed by atoms with Crippen molar-refractivity contribution in [2.75, 3.05) is 6.54 Å². The van der Waals surface area contributed by atoms with Crippen molar-refractivity contribution in [1.29, 1.82) is 0 Å². The fourth-order valence-electron chi connectivity index (χ4n) is 3.87. The van der Waals surface area contributed by atoms with Gasteiger partial charge in [0.25, 0.3) is 0 Å². The Balaban J connectivity index is 1.62. The third-order valence-electron chi connectivity index (χ3n) is 5.20. The van der Waals surface area contributed by atoms with E-state index in [1.54, 1.807) is 0 Å². The van der Waals surface area contributed by atoms with Gasteiger partial charge in [0.15, 0.2) is 5.96 Å². The zero-order valence-corrected chi connectivity index (χ0v) is 15.1. The van der Waals surface area contributed by atoms with Crippen LogP contribution in [0.5, 0.6) is 0 Å². The molecule has 5 N–H and O–H groups in total. The van der Waals surface area contributed by atoms with Gasteiger partial charge in [0.1, 0.15) is 6.54 Å². The van der Waals surface area contributed by atoms with Crippen LogP contribution in [0.2, 0.25) is 0 Å². The van der Waals surface area contributed by atoms with E-state index in [1.807, 2.05) is 41.4 Å². The zero-order chi connectivity index (χ0) is 18.8. The van der Waals surface area contributed by atoms with Gasteiger partial charge in [-0.1, -0.05) is 42.5 Å². The molecule has 0 radical (unpaired) electrons. The first-order chi connectivity index (χ1) is 13.1. The monoisotopic (exact) mass is 361 g/mol. The largest absolute Gasteiger partial charge is 0.370 e. The zero-order valence-electron chi connectivity index (χ0n) is 15.1. The number of aliphatic imine (C=N–C) groups is 1. The molecule has 0 fully saturated rings. The minimum absolute atomic E-state index is 0.0302. The van der Waals surface area contributed by atoms with Gasteiger partial charge in [-0.15, -0.1) is 0 Å². The minimum atomic E-state index is -0.0647. The molecule has 0 saturated heterocycles. The van der Waals surface area contributed by atoms with Crippen LogP contribution in [0, 0.1) is 0 Å². The predicted octanol–water partition coefficient (Wildman–Crippen LogP) is 1.94. The standard InChI is InChI=1S/C21H23N5O/c22-21(23)25-12-20(27)26(17-9-14-5-1-2-6-15(14)10-17)13-16-11-24-19-8-4-3-7-18(16)19/h1-8,11,17,24H,9-10,12-13H2,(H4,22,23,25). The summed E-state index contributed by atoms with van der Waals surface area (Å²) in [5.74, 6) is -0.128. The molecule has 138 valence electrons. The molecule has 0 bridgehead atoms. The lowest BCUT2D eigenvalue weighted by molar-refractivity contribution is -0.132. The van der Waals surface area contributed by atoms with Crippen molar-refractivity contribution in [1.82, 2.24) is 9.88 Å². The molecule has 3 aromatic rings. The lowest BCUT2D eigenvalue weighted by Crippen LogP contribution is -2.42. The topological polar surface area (TPSA) is 100 Å². The van der Waals surface area contributed by atoms with Crippen molar-refractivity contribution in [3.8, 4) is 0 Å². The Morgan fingerprint density at radius 2 is 1.74 bits per heavy atom. The maximum absolute atomic E-state index is 12.9. The first-order valence-electron chi connectivity index (χ1n) is 9.08. The number of guanidine groups is 1. The molecular formula is C21H23N5O. The van der Waals surface area contributed by atoms with E-state index in [9.17, 15) is 4.79 Å². The van der Waals surface area contributed by atoms with E-state index in [0.717, 1.165) is 29.3 Å². The molecule has 1 aliphatic rings. The highest BCUT2D eigenvalue weighted by atomic mass is 16.2. The Kier molecular flexibility index (Phi) is 4.54. The summed E-state index contributed by atoms with van der Waals surface area (Å²) < 4.78 is 0. The number of nitrogens with zero attached hydrogens (tertiary/aromatic N) is 2. The highest BCUT2D eigenvalue weighted by Crippen LogP contribution is 2.28. The molecule has 0 spiro atoms. The number of rotatable bonds is 5. The molecule has 0 saturated carbocycles. The van der Waals surface area contributed by atoms with Crippen LogP contribution >= 0.6 is 0 Å². The fraction of sp³-hybridized carbons (Fsp3) is 0.238. The summed E-state index contributed by atoms with van der Waals surface area (Å²) in [4.78, 5) is 22.1. The van der Waals surface area contributed by atoms with Crippen LogP contribution in [0.4, 0.5) is 0 Å². The number of carbonyl (C=O) groups is 1. The van der Waals surface area contributed by atoms with E-state index >= 15 is 0 Å². The molecule has 6 nitrogen and oxygen atoms in total. The van der Waals surface area contributed by atoms with Crippen molar-refractivity contribution in [2.24, 2.45) is 16.5 Å². The maximum Gasteiger partial charge on any atom is 0.244 e. The summed E-state index contributed by atoms with van der Waals surface area (Å²) in [6, 6.07) is 16.6. The number of fused-ring (bicyclic) bond motifs is 2. The number of aromatic nitrogens is 1. The Morgan fingerprint density at radius 3 is 2.44 bits per heavy atom. The van der Waals surface area contributed by atoms with Crippen molar-refractivity contribution in [2.45, 2.75) is 25.4 Å². The van der Waals surface area contributed by atoms with Crippen molar-refractivity contribution < 1.29 is 4.79 Å². The number of nitrogens with two attached hydrogens (primary N) is 2. The second-order valence-electron chi connectivity index (χ2n) is 6.95. The third-order valence-corrected chi connectivity index (χ3v) is 5.20. The minimum Gasteiger partial charge on any atom is -0.370 e. The van der Waals surface area contributed by atoms with Crippen molar-refractivity contribution >= 4 is 22.8 Å². The van der Waals surface area contributed by atoms with Crippen LogP contribution in [0.25, 0.3) is 10.9 Å². The number of amides is 1. The number of benzene rings is 2. The van der Waals surface area contributed by atoms with E-state index in [2.05, 4.69) is 28.2 Å². The van der Waals surface area contributed by atoms with Gasteiger partial charge in [-0.05, 0) is 35.6 Å². The molecule has 2 aromatic carbocycles. The van der Waals surface area contributed by atoms with Crippen LogP contribution in [-0.2, 0) is 24.2 Å². The molecule has 1 aromatic heterocycles. The highest BCUT2D eigenvalue weighted by Gasteiger charge is 2.30. The van der Waals surface area contributed by atoms with E-state index in [0.29, 0.717) is 6.54 Å². The van der Waals surface area contributed by atoms with Gasteiger partial charge < -0.3 is 21.4 Å². The predicted molar refractivity (Wildman–Crippen MR) is 107 cm³/mol. The quantitative estimate of drug-likeness (QED) is 0.478. The molecule has 0 unspecified atom stereocenters.